The van der Waals surface area contributed by atoms with Crippen LogP contribution in [0.4, 0.5) is 0 Å². The van der Waals surface area contributed by atoms with Gasteiger partial charge < -0.3 is 24.8 Å². The van der Waals surface area contributed by atoms with Crippen LogP contribution in [-0.4, -0.2) is 63.1 Å². The molecule has 0 radical (unpaired) electrons. The smallest absolute Gasteiger partial charge is 0.341 e. The van der Waals surface area contributed by atoms with E-state index in [9.17, 15) is 19.2 Å². The molecule has 2 atom stereocenters. The molecule has 13 nitrogen and oxygen atoms in total. The molecule has 0 aliphatic carbocycles. The third kappa shape index (κ3) is 7.66. The van der Waals surface area contributed by atoms with Crippen molar-refractivity contribution in [3.8, 4) is 0 Å². The average Bonchev–Trinajstić information content (AvgIpc) is 3.89. The number of nitrogens with zero attached hydrogens (tertiary/aromatic N) is 2. The van der Waals surface area contributed by atoms with Gasteiger partial charge in [0.05, 0.1) is 36.9 Å². The second-order valence-corrected chi connectivity index (χ2v) is 14.1. The molecule has 2 aliphatic heterocycles. The van der Waals surface area contributed by atoms with E-state index in [4.69, 9.17) is 24.6 Å². The van der Waals surface area contributed by atoms with Crippen LogP contribution in [0.25, 0.3) is 45.4 Å². The Balaban J connectivity index is 1.53. The Bertz CT molecular complexity index is 2540. The highest BCUT2D eigenvalue weighted by Gasteiger charge is 2.38. The Kier molecular flexibility index (Phi) is 11.7. The summed E-state index contributed by atoms with van der Waals surface area (Å²) in [5, 5.41) is 11.7. The summed E-state index contributed by atoms with van der Waals surface area (Å²) in [4.78, 5) is 69.6. The van der Waals surface area contributed by atoms with Crippen LogP contribution < -0.4 is 10.8 Å². The summed E-state index contributed by atoms with van der Waals surface area (Å²) in [7, 11) is 2.55. The lowest BCUT2D eigenvalue weighted by molar-refractivity contribution is -0.133. The van der Waals surface area contributed by atoms with Crippen molar-refractivity contribution in [1.29, 1.82) is 0 Å². The van der Waals surface area contributed by atoms with E-state index in [-0.39, 0.29) is 40.6 Å². The Morgan fingerprint density at radius 1 is 0.912 bits per heavy atom. The molecule has 4 aromatic rings. The molecule has 8 bridgehead atoms. The number of methoxy groups -OCH3 is 2. The van der Waals surface area contributed by atoms with Crippen molar-refractivity contribution in [2.75, 3.05) is 14.2 Å². The fourth-order valence-electron chi connectivity index (χ4n) is 7.63. The molecule has 6 rings (SSSR count). The Morgan fingerprint density at radius 2 is 1.60 bits per heavy atom. The van der Waals surface area contributed by atoms with Crippen LogP contribution in [0.1, 0.15) is 117 Å². The normalized spacial score (nSPS) is 15.1. The molecule has 0 unspecified atom stereocenters. The molecule has 1 aromatic carbocycles. The summed E-state index contributed by atoms with van der Waals surface area (Å²) in [6, 6.07) is 12.3. The highest BCUT2D eigenvalue weighted by molar-refractivity contribution is 6.26. The number of hydrogen-bond acceptors (Lipinski definition) is 9. The number of aromatic nitrogens is 4. The van der Waals surface area contributed by atoms with Gasteiger partial charge in [-0.15, -0.1) is 0 Å². The minimum atomic E-state index is -0.730. The number of H-pyrrole nitrogens is 2. The first kappa shape index (κ1) is 40.1. The molecule has 5 heterocycles. The predicted molar refractivity (Wildman–Crippen MR) is 219 cm³/mol. The first-order valence-corrected chi connectivity index (χ1v) is 18.6. The maximum Gasteiger partial charge on any atom is 0.341 e. The number of carbonyl (C=O) groups excluding carboxylic acids is 4. The average molecular weight is 771 g/mol. The molecule has 0 saturated carbocycles. The summed E-state index contributed by atoms with van der Waals surface area (Å²) in [6.07, 6.45) is 6.10. The number of esters is 2. The molecule has 0 saturated heterocycles. The zero-order valence-corrected chi connectivity index (χ0v) is 33.0. The lowest BCUT2D eigenvalue weighted by Gasteiger charge is -2.18. The number of hydrogen-bond donors (Lipinski definition) is 5. The van der Waals surface area contributed by atoms with Crippen molar-refractivity contribution >= 4 is 69.1 Å². The van der Waals surface area contributed by atoms with E-state index < -0.39 is 23.8 Å². The van der Waals surface area contributed by atoms with Gasteiger partial charge in [-0.3, -0.25) is 19.8 Å². The monoisotopic (exact) mass is 770 g/mol. The number of rotatable bonds is 10. The van der Waals surface area contributed by atoms with Crippen LogP contribution in [0.3, 0.4) is 0 Å². The molecular weight excluding hydrogens is 725 g/mol. The van der Waals surface area contributed by atoms with Gasteiger partial charge in [-0.1, -0.05) is 38.6 Å². The van der Waals surface area contributed by atoms with Crippen molar-refractivity contribution in [3.63, 3.8) is 0 Å². The molecule has 5 N–H and O–H groups in total. The molecule has 57 heavy (non-hydrogen) atoms. The fraction of sp³-hybridized carbons (Fsp3) is 0.273. The number of ether oxygens (including phenoxy) is 2. The van der Waals surface area contributed by atoms with Gasteiger partial charge in [0.25, 0.3) is 5.91 Å². The molecule has 2 amide bonds. The summed E-state index contributed by atoms with van der Waals surface area (Å²) < 4.78 is 10.6. The number of nitrogens with one attached hydrogen (secondary N) is 4. The quantitative estimate of drug-likeness (QED) is 0.0615. The number of aryl methyl sites for hydroxylation is 3. The lowest BCUT2D eigenvalue weighted by Crippen LogP contribution is -2.19. The van der Waals surface area contributed by atoms with Crippen molar-refractivity contribution in [3.05, 3.63) is 117 Å². The number of hydroxylamine groups is 1. The minimum Gasteiger partial charge on any atom is -0.465 e. The van der Waals surface area contributed by atoms with Gasteiger partial charge in [-0.05, 0) is 97.8 Å². The first-order chi connectivity index (χ1) is 27.3. The molecule has 294 valence electrons. The fourth-order valence-corrected chi connectivity index (χ4v) is 7.63. The summed E-state index contributed by atoms with van der Waals surface area (Å²) in [6.45, 7) is 14.0. The van der Waals surface area contributed by atoms with E-state index in [1.165, 1.54) is 20.4 Å². The zero-order chi connectivity index (χ0) is 41.1. The number of aromatic amines is 2. The zero-order valence-electron chi connectivity index (χ0n) is 33.0. The van der Waals surface area contributed by atoms with Crippen LogP contribution in [0.15, 0.2) is 55.2 Å². The Hall–Kier alpha value is -6.60. The van der Waals surface area contributed by atoms with Gasteiger partial charge in [-0.25, -0.2) is 20.1 Å². The largest absolute Gasteiger partial charge is 0.465 e. The van der Waals surface area contributed by atoms with Crippen LogP contribution in [0.2, 0.25) is 0 Å². The van der Waals surface area contributed by atoms with Crippen LogP contribution >= 0.6 is 0 Å². The van der Waals surface area contributed by atoms with Crippen molar-refractivity contribution in [2.45, 2.75) is 65.7 Å². The van der Waals surface area contributed by atoms with E-state index in [1.54, 1.807) is 42.7 Å². The lowest BCUT2D eigenvalue weighted by atomic mass is 9.85. The number of benzene rings is 1. The van der Waals surface area contributed by atoms with E-state index in [0.29, 0.717) is 29.1 Å². The van der Waals surface area contributed by atoms with E-state index >= 15 is 0 Å². The summed E-state index contributed by atoms with van der Waals surface area (Å²) >= 11 is 0. The van der Waals surface area contributed by atoms with Crippen LogP contribution in [0.5, 0.6) is 0 Å². The second-order valence-electron chi connectivity index (χ2n) is 14.1. The SMILES string of the molecule is C=Cc1c(C)c2cc3nc(c(C(=O)OC)c4nc(cc5[nH]c(cc1[nH]2)c(C)c5CC)C(C)=C4C(=O)OC)[C@@H](CCC(=O)N/C=C/c1ccc(C(=O)NO)cc1)[C@@H]3C. The minimum absolute atomic E-state index is 0.0229. The Labute approximate surface area is 329 Å². The molecular formula is C44H46N6O7. The predicted octanol–water partition coefficient (Wildman–Crippen LogP) is 7.60. The van der Waals surface area contributed by atoms with Crippen molar-refractivity contribution in [2.24, 2.45) is 0 Å². The van der Waals surface area contributed by atoms with Gasteiger partial charge in [0.15, 0.2) is 0 Å². The number of carbonyl (C=O) groups is 4. The van der Waals surface area contributed by atoms with E-state index in [2.05, 4.69) is 41.8 Å². The van der Waals surface area contributed by atoms with Crippen LogP contribution in [-0.2, 0) is 25.5 Å². The summed E-state index contributed by atoms with van der Waals surface area (Å²) in [5.74, 6) is -3.04. The van der Waals surface area contributed by atoms with Gasteiger partial charge >= 0.3 is 11.9 Å². The third-order valence-corrected chi connectivity index (χ3v) is 10.9. The molecule has 0 fully saturated rings. The maximum absolute atomic E-state index is 14.0. The van der Waals surface area contributed by atoms with Gasteiger partial charge in [0.2, 0.25) is 5.91 Å². The topological polar surface area (TPSA) is 188 Å². The van der Waals surface area contributed by atoms with Crippen molar-refractivity contribution < 1.29 is 33.9 Å². The number of amides is 2. The molecule has 0 spiro atoms. The van der Waals surface area contributed by atoms with E-state index in [0.717, 1.165) is 56.3 Å². The van der Waals surface area contributed by atoms with Gasteiger partial charge in [0, 0.05) is 63.3 Å². The highest BCUT2D eigenvalue weighted by Crippen LogP contribution is 2.44. The number of allylic oxidation sites excluding steroid dienone is 1. The standard InChI is InChI=1S/C44H46N6O7/c1-9-28-22(3)31-19-33-24(5)30(15-16-37(51)45-18-17-26-11-13-27(14-12-26)42(52)50-55)40(48-33)39(44(54)57-8)41-38(43(53)56-7)25(6)34(49-41)21-36-29(10-2)23(4)32(47-36)20-35(28)46-31/h9,11-14,17-21,24,30,46-47,55H,1,10,15-16H2,2-8H3,(H,45,51)(H,50,52)/b18-17+,31-19?,32-20?,33-19?,34-21?,35-20?,36-21?,40-39?,41-39?/t24-,30-/m0/s1. The summed E-state index contributed by atoms with van der Waals surface area (Å²) in [5.41, 5.74) is 12.3. The molecule has 3 aromatic heterocycles. The highest BCUT2D eigenvalue weighted by atomic mass is 16.5. The van der Waals surface area contributed by atoms with E-state index in [1.807, 2.05) is 32.1 Å². The van der Waals surface area contributed by atoms with Crippen molar-refractivity contribution in [1.82, 2.24) is 30.7 Å². The number of fused-ring (bicyclic) bond motifs is 8. The molecule has 13 heteroatoms. The van der Waals surface area contributed by atoms with Crippen LogP contribution in [0, 0.1) is 13.8 Å². The van der Waals surface area contributed by atoms with Gasteiger partial charge in [0.1, 0.15) is 5.56 Å². The van der Waals surface area contributed by atoms with Gasteiger partial charge in [-0.2, -0.15) is 0 Å². The maximum atomic E-state index is 14.0. The molecule has 2 aliphatic rings. The first-order valence-electron chi connectivity index (χ1n) is 18.6. The Morgan fingerprint density at radius 3 is 2.25 bits per heavy atom. The second kappa shape index (κ2) is 16.6. The third-order valence-electron chi connectivity index (χ3n) is 10.9.